The number of anilines is 2. The average molecular weight is 305 g/mol. The highest BCUT2D eigenvalue weighted by Gasteiger charge is 2.14. The summed E-state index contributed by atoms with van der Waals surface area (Å²) in [5.41, 5.74) is 7.14. The van der Waals surface area contributed by atoms with E-state index in [1.807, 2.05) is 0 Å². The van der Waals surface area contributed by atoms with Crippen LogP contribution in [0.15, 0.2) is 42.7 Å². The van der Waals surface area contributed by atoms with Crippen molar-refractivity contribution in [2.75, 3.05) is 11.1 Å². The van der Waals surface area contributed by atoms with Gasteiger partial charge in [0.2, 0.25) is 0 Å². The Balaban J connectivity index is 1.92. The van der Waals surface area contributed by atoms with E-state index in [-0.39, 0.29) is 11.6 Å². The number of carbonyl (C=O) groups excluding carboxylic acids is 2. The summed E-state index contributed by atoms with van der Waals surface area (Å²) < 4.78 is 0. The predicted octanol–water partition coefficient (Wildman–Crippen LogP) is 1.57. The number of halogens is 1. The van der Waals surface area contributed by atoms with Crippen LogP contribution in [-0.2, 0) is 16.1 Å². The lowest BCUT2D eigenvalue weighted by molar-refractivity contribution is -0.136. The number of nitrogens with two attached hydrogens (primary N) is 1. The molecular formula is C14H13ClN4O2. The highest BCUT2D eigenvalue weighted by atomic mass is 35.5. The molecule has 0 radical (unpaired) electrons. The summed E-state index contributed by atoms with van der Waals surface area (Å²) in [7, 11) is 0. The van der Waals surface area contributed by atoms with Gasteiger partial charge in [-0.2, -0.15) is 0 Å². The first kappa shape index (κ1) is 14.8. The number of nitrogens with zero attached hydrogens (tertiary/aromatic N) is 1. The zero-order chi connectivity index (χ0) is 15.2. The van der Waals surface area contributed by atoms with Crippen molar-refractivity contribution in [3.05, 3.63) is 53.3 Å². The third-order valence-electron chi connectivity index (χ3n) is 2.62. The van der Waals surface area contributed by atoms with E-state index in [4.69, 9.17) is 17.3 Å². The van der Waals surface area contributed by atoms with Gasteiger partial charge < -0.3 is 16.4 Å². The van der Waals surface area contributed by atoms with Crippen molar-refractivity contribution in [2.24, 2.45) is 0 Å². The van der Waals surface area contributed by atoms with E-state index < -0.39 is 11.8 Å². The maximum atomic E-state index is 11.7. The summed E-state index contributed by atoms with van der Waals surface area (Å²) >= 11 is 5.92. The van der Waals surface area contributed by atoms with Gasteiger partial charge in [0.05, 0.1) is 10.7 Å². The largest absolute Gasteiger partial charge is 0.399 e. The second-order valence-corrected chi connectivity index (χ2v) is 4.64. The lowest BCUT2D eigenvalue weighted by atomic mass is 10.2. The highest BCUT2D eigenvalue weighted by Crippen LogP contribution is 2.23. The molecular weight excluding hydrogens is 292 g/mol. The first-order valence-corrected chi connectivity index (χ1v) is 6.47. The molecule has 1 aromatic carbocycles. The Morgan fingerprint density at radius 2 is 2.05 bits per heavy atom. The molecule has 6 nitrogen and oxygen atoms in total. The topological polar surface area (TPSA) is 97.1 Å². The van der Waals surface area contributed by atoms with E-state index >= 15 is 0 Å². The molecule has 0 saturated carbocycles. The fraction of sp³-hybridized carbons (Fsp3) is 0.0714. The van der Waals surface area contributed by atoms with Crippen molar-refractivity contribution in [1.29, 1.82) is 0 Å². The molecule has 7 heteroatoms. The number of nitrogen functional groups attached to an aromatic ring is 1. The molecule has 0 atom stereocenters. The lowest BCUT2D eigenvalue weighted by Crippen LogP contribution is -2.35. The minimum absolute atomic E-state index is 0.218. The highest BCUT2D eigenvalue weighted by molar-refractivity contribution is 6.41. The maximum absolute atomic E-state index is 11.7. The van der Waals surface area contributed by atoms with Crippen LogP contribution in [0.25, 0.3) is 0 Å². The number of hydrogen-bond donors (Lipinski definition) is 3. The molecule has 0 unspecified atom stereocenters. The van der Waals surface area contributed by atoms with E-state index in [1.165, 1.54) is 12.1 Å². The van der Waals surface area contributed by atoms with Crippen molar-refractivity contribution in [2.45, 2.75) is 6.54 Å². The first-order valence-electron chi connectivity index (χ1n) is 6.09. The number of pyridine rings is 1. The zero-order valence-electron chi connectivity index (χ0n) is 11.0. The van der Waals surface area contributed by atoms with Crippen LogP contribution >= 0.6 is 11.6 Å². The Hall–Kier alpha value is -2.60. The quantitative estimate of drug-likeness (QED) is 0.592. The molecule has 0 aliphatic carbocycles. The van der Waals surface area contributed by atoms with Gasteiger partial charge in [-0.1, -0.05) is 17.7 Å². The van der Waals surface area contributed by atoms with Gasteiger partial charge >= 0.3 is 11.8 Å². The van der Waals surface area contributed by atoms with Gasteiger partial charge in [-0.05, 0) is 29.8 Å². The van der Waals surface area contributed by atoms with E-state index in [2.05, 4.69) is 15.6 Å². The number of aromatic nitrogens is 1. The molecule has 21 heavy (non-hydrogen) atoms. The Morgan fingerprint density at radius 1 is 1.24 bits per heavy atom. The van der Waals surface area contributed by atoms with E-state index in [1.54, 1.807) is 30.6 Å². The molecule has 1 aromatic heterocycles. The van der Waals surface area contributed by atoms with Crippen LogP contribution in [0.2, 0.25) is 5.02 Å². The molecule has 0 bridgehead atoms. The molecule has 4 N–H and O–H groups in total. The third-order valence-corrected chi connectivity index (χ3v) is 2.94. The van der Waals surface area contributed by atoms with Gasteiger partial charge in [0, 0.05) is 24.6 Å². The summed E-state index contributed by atoms with van der Waals surface area (Å²) in [4.78, 5) is 27.3. The van der Waals surface area contributed by atoms with Crippen LogP contribution in [0, 0.1) is 0 Å². The summed E-state index contributed by atoms with van der Waals surface area (Å²) in [5, 5.41) is 5.18. The summed E-state index contributed by atoms with van der Waals surface area (Å²) in [6.07, 6.45) is 3.23. The fourth-order valence-electron chi connectivity index (χ4n) is 1.58. The first-order chi connectivity index (χ1) is 10.1. The van der Waals surface area contributed by atoms with Gasteiger partial charge in [0.15, 0.2) is 0 Å². The molecule has 2 rings (SSSR count). The van der Waals surface area contributed by atoms with Crippen LogP contribution in [0.1, 0.15) is 5.56 Å². The normalized spacial score (nSPS) is 9.95. The Kier molecular flexibility index (Phi) is 4.73. The number of amides is 2. The Bertz CT molecular complexity index is 661. The van der Waals surface area contributed by atoms with Crippen molar-refractivity contribution < 1.29 is 9.59 Å². The second-order valence-electron chi connectivity index (χ2n) is 4.24. The van der Waals surface area contributed by atoms with Gasteiger partial charge in [0.25, 0.3) is 0 Å². The minimum Gasteiger partial charge on any atom is -0.399 e. The lowest BCUT2D eigenvalue weighted by Gasteiger charge is -2.08. The van der Waals surface area contributed by atoms with Gasteiger partial charge in [-0.25, -0.2) is 0 Å². The molecule has 0 fully saturated rings. The van der Waals surface area contributed by atoms with Crippen molar-refractivity contribution in [3.63, 3.8) is 0 Å². The molecule has 0 aliphatic rings. The molecule has 2 aromatic rings. The van der Waals surface area contributed by atoms with Crippen molar-refractivity contribution >= 4 is 34.8 Å². The van der Waals surface area contributed by atoms with Crippen LogP contribution in [0.4, 0.5) is 11.4 Å². The molecule has 1 heterocycles. The second kappa shape index (κ2) is 6.71. The Labute approximate surface area is 126 Å². The standard InChI is InChI=1S/C14H13ClN4O2/c15-11-6-10(16)3-4-12(11)19-14(21)13(20)18-8-9-2-1-5-17-7-9/h1-7H,8,16H2,(H,18,20)(H,19,21). The van der Waals surface area contributed by atoms with Gasteiger partial charge in [-0.3, -0.25) is 14.6 Å². The molecule has 0 spiro atoms. The molecule has 2 amide bonds. The van der Waals surface area contributed by atoms with Crippen LogP contribution in [0.3, 0.4) is 0 Å². The maximum Gasteiger partial charge on any atom is 0.313 e. The number of nitrogens with one attached hydrogen (secondary N) is 2. The van der Waals surface area contributed by atoms with Gasteiger partial charge in [0.1, 0.15) is 0 Å². The summed E-state index contributed by atoms with van der Waals surface area (Å²) in [6.45, 7) is 0.218. The SMILES string of the molecule is Nc1ccc(NC(=O)C(=O)NCc2cccnc2)c(Cl)c1. The summed E-state index contributed by atoms with van der Waals surface area (Å²) in [5.74, 6) is -1.56. The molecule has 0 aliphatic heterocycles. The van der Waals surface area contributed by atoms with Crippen molar-refractivity contribution in [3.8, 4) is 0 Å². The van der Waals surface area contributed by atoms with Crippen LogP contribution in [-0.4, -0.2) is 16.8 Å². The zero-order valence-corrected chi connectivity index (χ0v) is 11.7. The smallest absolute Gasteiger partial charge is 0.313 e. The minimum atomic E-state index is -0.800. The summed E-state index contributed by atoms with van der Waals surface area (Å²) in [6, 6.07) is 8.14. The number of benzene rings is 1. The number of carbonyl (C=O) groups is 2. The number of rotatable bonds is 3. The Morgan fingerprint density at radius 3 is 2.71 bits per heavy atom. The average Bonchev–Trinajstić information content (AvgIpc) is 2.48. The van der Waals surface area contributed by atoms with E-state index in [9.17, 15) is 9.59 Å². The van der Waals surface area contributed by atoms with Crippen LogP contribution in [0.5, 0.6) is 0 Å². The third kappa shape index (κ3) is 4.19. The van der Waals surface area contributed by atoms with E-state index in [0.717, 1.165) is 5.56 Å². The van der Waals surface area contributed by atoms with Crippen LogP contribution < -0.4 is 16.4 Å². The fourth-order valence-corrected chi connectivity index (χ4v) is 1.81. The van der Waals surface area contributed by atoms with E-state index in [0.29, 0.717) is 11.4 Å². The van der Waals surface area contributed by atoms with Gasteiger partial charge in [-0.15, -0.1) is 0 Å². The predicted molar refractivity (Wildman–Crippen MR) is 80.6 cm³/mol. The monoisotopic (exact) mass is 304 g/mol. The molecule has 108 valence electrons. The molecule has 0 saturated heterocycles. The van der Waals surface area contributed by atoms with Crippen molar-refractivity contribution in [1.82, 2.24) is 10.3 Å². The number of hydrogen-bond acceptors (Lipinski definition) is 4.